The van der Waals surface area contributed by atoms with Crippen LogP contribution in [-0.2, 0) is 0 Å². The monoisotopic (exact) mass is 291 g/mol. The number of nitro benzene ring substituents is 1. The first-order chi connectivity index (χ1) is 9.92. The van der Waals surface area contributed by atoms with Crippen LogP contribution in [0.2, 0.25) is 0 Å². The van der Waals surface area contributed by atoms with E-state index < -0.39 is 4.92 Å². The number of methoxy groups -OCH3 is 1. The lowest BCUT2D eigenvalue weighted by Crippen LogP contribution is -1.98. The number of hydrogen-bond donors (Lipinski definition) is 2. The maximum absolute atomic E-state index is 11.0. The van der Waals surface area contributed by atoms with Crippen LogP contribution in [0.5, 0.6) is 11.5 Å². The van der Waals surface area contributed by atoms with Gasteiger partial charge in [0.05, 0.1) is 30.1 Å². The number of nitrogens with two attached hydrogens (primary N) is 1. The Morgan fingerprint density at radius 1 is 1.57 bits per heavy atom. The maximum atomic E-state index is 11.0. The molecule has 0 amide bonds. The second kappa shape index (κ2) is 5.49. The number of benzene rings is 1. The Balaban J connectivity index is 2.41. The lowest BCUT2D eigenvalue weighted by atomic mass is 10.2. The van der Waals surface area contributed by atoms with Crippen LogP contribution in [0, 0.1) is 17.0 Å². The predicted molar refractivity (Wildman–Crippen MR) is 75.7 cm³/mol. The minimum atomic E-state index is -0.647. The summed E-state index contributed by atoms with van der Waals surface area (Å²) in [6, 6.07) is 2.54. The molecule has 0 aliphatic heterocycles. The van der Waals surface area contributed by atoms with Gasteiger partial charge in [-0.05, 0) is 13.0 Å². The summed E-state index contributed by atoms with van der Waals surface area (Å²) >= 11 is 0. The Morgan fingerprint density at radius 3 is 2.81 bits per heavy atom. The molecular weight excluding hydrogens is 278 g/mol. The highest BCUT2D eigenvalue weighted by Crippen LogP contribution is 2.36. The SMILES string of the molecule is COc1c(O)cc(C=Nn2cc(C)nc2N)cc1[N+](=O)[O-]. The highest BCUT2D eigenvalue weighted by Gasteiger charge is 2.20. The second-order valence-electron chi connectivity index (χ2n) is 4.18. The van der Waals surface area contributed by atoms with Crippen molar-refractivity contribution >= 4 is 17.9 Å². The van der Waals surface area contributed by atoms with Gasteiger partial charge in [0, 0.05) is 11.6 Å². The summed E-state index contributed by atoms with van der Waals surface area (Å²) in [5.74, 6) is -0.353. The van der Waals surface area contributed by atoms with Crippen LogP contribution in [0.4, 0.5) is 11.6 Å². The number of rotatable bonds is 4. The molecule has 0 unspecified atom stereocenters. The van der Waals surface area contributed by atoms with Gasteiger partial charge in [0.1, 0.15) is 0 Å². The molecular formula is C12H13N5O4. The van der Waals surface area contributed by atoms with Crippen LogP contribution in [0.1, 0.15) is 11.3 Å². The fraction of sp³-hybridized carbons (Fsp3) is 0.167. The molecule has 0 spiro atoms. The quantitative estimate of drug-likeness (QED) is 0.496. The third-order valence-electron chi connectivity index (χ3n) is 2.64. The van der Waals surface area contributed by atoms with Gasteiger partial charge in [-0.3, -0.25) is 10.1 Å². The maximum Gasteiger partial charge on any atom is 0.315 e. The van der Waals surface area contributed by atoms with E-state index in [0.29, 0.717) is 11.3 Å². The van der Waals surface area contributed by atoms with Gasteiger partial charge in [0.2, 0.25) is 11.7 Å². The molecule has 0 fully saturated rings. The summed E-state index contributed by atoms with van der Waals surface area (Å²) in [7, 11) is 1.24. The number of nitro groups is 1. The van der Waals surface area contributed by atoms with Gasteiger partial charge in [-0.1, -0.05) is 0 Å². The summed E-state index contributed by atoms with van der Waals surface area (Å²) in [6.07, 6.45) is 2.92. The van der Waals surface area contributed by atoms with E-state index >= 15 is 0 Å². The van der Waals surface area contributed by atoms with Crippen LogP contribution in [-0.4, -0.2) is 33.0 Å². The number of nitrogen functional groups attached to an aromatic ring is 1. The Hall–Kier alpha value is -3.10. The van der Waals surface area contributed by atoms with Crippen molar-refractivity contribution in [2.24, 2.45) is 5.10 Å². The third-order valence-corrected chi connectivity index (χ3v) is 2.64. The predicted octanol–water partition coefficient (Wildman–Crippen LogP) is 1.28. The molecule has 0 radical (unpaired) electrons. The fourth-order valence-corrected chi connectivity index (χ4v) is 1.76. The van der Waals surface area contributed by atoms with Gasteiger partial charge in [0.15, 0.2) is 5.75 Å². The van der Waals surface area contributed by atoms with E-state index in [1.165, 1.54) is 30.1 Å². The van der Waals surface area contributed by atoms with Crippen LogP contribution in [0.3, 0.4) is 0 Å². The van der Waals surface area contributed by atoms with Crippen LogP contribution >= 0.6 is 0 Å². The lowest BCUT2D eigenvalue weighted by Gasteiger charge is -2.05. The van der Waals surface area contributed by atoms with E-state index in [1.54, 1.807) is 13.1 Å². The molecule has 2 aromatic rings. The first-order valence-electron chi connectivity index (χ1n) is 5.83. The van der Waals surface area contributed by atoms with E-state index in [2.05, 4.69) is 10.1 Å². The Labute approximate surface area is 119 Å². The van der Waals surface area contributed by atoms with Gasteiger partial charge >= 0.3 is 5.69 Å². The van der Waals surface area contributed by atoms with E-state index in [4.69, 9.17) is 10.5 Å². The van der Waals surface area contributed by atoms with E-state index in [0.717, 1.165) is 0 Å². The van der Waals surface area contributed by atoms with Gasteiger partial charge in [-0.15, -0.1) is 0 Å². The minimum Gasteiger partial charge on any atom is -0.504 e. The number of nitrogens with zero attached hydrogens (tertiary/aromatic N) is 4. The number of aromatic hydroxyl groups is 1. The number of aromatic nitrogens is 2. The van der Waals surface area contributed by atoms with Gasteiger partial charge in [-0.2, -0.15) is 5.10 Å². The minimum absolute atomic E-state index is 0.191. The number of phenols is 1. The molecule has 0 aliphatic carbocycles. The number of hydrogen-bond acceptors (Lipinski definition) is 7. The zero-order valence-corrected chi connectivity index (χ0v) is 11.3. The molecule has 0 saturated carbocycles. The number of imidazole rings is 1. The highest BCUT2D eigenvalue weighted by molar-refractivity contribution is 5.83. The molecule has 1 heterocycles. The smallest absolute Gasteiger partial charge is 0.315 e. The van der Waals surface area contributed by atoms with Gasteiger partial charge < -0.3 is 15.6 Å². The van der Waals surface area contributed by atoms with E-state index in [9.17, 15) is 15.2 Å². The van der Waals surface area contributed by atoms with Gasteiger partial charge in [0.25, 0.3) is 0 Å². The topological polar surface area (TPSA) is 129 Å². The number of ether oxygens (including phenoxy) is 1. The molecule has 21 heavy (non-hydrogen) atoms. The molecule has 0 bridgehead atoms. The van der Waals surface area contributed by atoms with Crippen molar-refractivity contribution in [1.29, 1.82) is 0 Å². The number of aryl methyl sites for hydroxylation is 1. The number of anilines is 1. The second-order valence-corrected chi connectivity index (χ2v) is 4.18. The van der Waals surface area contributed by atoms with Crippen molar-refractivity contribution in [1.82, 2.24) is 9.66 Å². The summed E-state index contributed by atoms with van der Waals surface area (Å²) in [6.45, 7) is 1.76. The molecule has 9 heteroatoms. The molecule has 2 rings (SSSR count). The highest BCUT2D eigenvalue weighted by atomic mass is 16.6. The molecule has 1 aromatic carbocycles. The molecule has 1 aromatic heterocycles. The average Bonchev–Trinajstić information content (AvgIpc) is 2.73. The van der Waals surface area contributed by atoms with Crippen LogP contribution < -0.4 is 10.5 Å². The Bertz CT molecular complexity index is 723. The lowest BCUT2D eigenvalue weighted by molar-refractivity contribution is -0.385. The summed E-state index contributed by atoms with van der Waals surface area (Å²) in [5.41, 5.74) is 6.28. The molecule has 9 nitrogen and oxygen atoms in total. The average molecular weight is 291 g/mol. The van der Waals surface area contributed by atoms with Crippen molar-refractivity contribution in [3.8, 4) is 11.5 Å². The zero-order valence-electron chi connectivity index (χ0n) is 11.3. The normalized spacial score (nSPS) is 11.0. The molecule has 0 saturated heterocycles. The first-order valence-corrected chi connectivity index (χ1v) is 5.83. The van der Waals surface area contributed by atoms with E-state index in [1.807, 2.05) is 0 Å². The summed E-state index contributed by atoms with van der Waals surface area (Å²) < 4.78 is 6.13. The summed E-state index contributed by atoms with van der Waals surface area (Å²) in [4.78, 5) is 14.3. The van der Waals surface area contributed by atoms with Gasteiger partial charge in [-0.25, -0.2) is 9.66 Å². The van der Waals surface area contributed by atoms with Crippen molar-refractivity contribution in [2.45, 2.75) is 6.92 Å². The van der Waals surface area contributed by atoms with Crippen molar-refractivity contribution in [2.75, 3.05) is 12.8 Å². The van der Waals surface area contributed by atoms with Crippen molar-refractivity contribution in [3.05, 3.63) is 39.7 Å². The van der Waals surface area contributed by atoms with Crippen molar-refractivity contribution < 1.29 is 14.8 Å². The van der Waals surface area contributed by atoms with E-state index in [-0.39, 0.29) is 23.1 Å². The standard InChI is InChI=1S/C12H13N5O4/c1-7-6-16(12(13)15-7)14-5-8-3-9(17(19)20)11(21-2)10(18)4-8/h3-6,18H,1-2H3,(H2,13,15). The van der Waals surface area contributed by atoms with Crippen LogP contribution in [0.15, 0.2) is 23.4 Å². The Morgan fingerprint density at radius 2 is 2.29 bits per heavy atom. The molecule has 110 valence electrons. The molecule has 0 atom stereocenters. The molecule has 3 N–H and O–H groups in total. The number of phenolic OH excluding ortho intramolecular Hbond substituents is 1. The van der Waals surface area contributed by atoms with Crippen LogP contribution in [0.25, 0.3) is 0 Å². The summed E-state index contributed by atoms with van der Waals surface area (Å²) in [5, 5.41) is 24.7. The third kappa shape index (κ3) is 2.91. The fourth-order valence-electron chi connectivity index (χ4n) is 1.76. The zero-order chi connectivity index (χ0) is 15.6. The van der Waals surface area contributed by atoms with Crippen molar-refractivity contribution in [3.63, 3.8) is 0 Å². The Kier molecular flexibility index (Phi) is 3.74. The first kappa shape index (κ1) is 14.3. The molecule has 0 aliphatic rings. The largest absolute Gasteiger partial charge is 0.504 e.